The molecule has 1 amide bonds. The van der Waals surface area contributed by atoms with Crippen LogP contribution < -0.4 is 5.32 Å². The lowest BCUT2D eigenvalue weighted by molar-refractivity contribution is 0.0905. The molecule has 0 spiro atoms. The van der Waals surface area contributed by atoms with Gasteiger partial charge in [0.15, 0.2) is 0 Å². The molecule has 0 saturated heterocycles. The molecule has 0 radical (unpaired) electrons. The minimum absolute atomic E-state index is 0.0173. The predicted octanol–water partition coefficient (Wildman–Crippen LogP) is 3.40. The van der Waals surface area contributed by atoms with E-state index in [0.717, 1.165) is 12.8 Å². The fourth-order valence-electron chi connectivity index (χ4n) is 2.01. The Morgan fingerprint density at radius 2 is 2.24 bits per heavy atom. The molecule has 1 aliphatic rings. The number of carbonyl (C=O) groups excluding carboxylic acids is 1. The van der Waals surface area contributed by atoms with Crippen LogP contribution in [-0.2, 0) is 0 Å². The Hall–Kier alpha value is -1.09. The predicted molar refractivity (Wildman–Crippen MR) is 65.7 cm³/mol. The van der Waals surface area contributed by atoms with Crippen molar-refractivity contribution in [3.8, 4) is 0 Å². The van der Waals surface area contributed by atoms with Crippen LogP contribution in [0.25, 0.3) is 0 Å². The number of benzene rings is 1. The van der Waals surface area contributed by atoms with Crippen LogP contribution >= 0.6 is 11.6 Å². The van der Waals surface area contributed by atoms with Crippen LogP contribution in [0.5, 0.6) is 0 Å². The minimum Gasteiger partial charge on any atom is -0.349 e. The summed E-state index contributed by atoms with van der Waals surface area (Å²) in [5, 5.41) is 3.20. The Bertz CT molecular complexity index is 431. The summed E-state index contributed by atoms with van der Waals surface area (Å²) in [7, 11) is 0. The van der Waals surface area contributed by atoms with E-state index in [-0.39, 0.29) is 17.5 Å². The lowest BCUT2D eigenvalue weighted by atomic mass is 9.80. The molecular weight excluding hydrogens is 241 g/mol. The van der Waals surface area contributed by atoms with Crippen molar-refractivity contribution >= 4 is 17.5 Å². The topological polar surface area (TPSA) is 29.1 Å². The average molecular weight is 256 g/mol. The second-order valence-corrected chi connectivity index (χ2v) is 5.01. The Morgan fingerprint density at radius 3 is 2.82 bits per heavy atom. The summed E-state index contributed by atoms with van der Waals surface area (Å²) in [4.78, 5) is 11.9. The van der Waals surface area contributed by atoms with Crippen molar-refractivity contribution in [3.63, 3.8) is 0 Å². The lowest BCUT2D eigenvalue weighted by Gasteiger charge is -2.31. The number of halogens is 2. The van der Waals surface area contributed by atoms with E-state index in [9.17, 15) is 9.18 Å². The SMILES string of the molecule is CC(NC(=O)c1cc(Cl)ccc1F)C1CCC1. The normalized spacial score (nSPS) is 17.4. The summed E-state index contributed by atoms with van der Waals surface area (Å²) in [5.41, 5.74) is 0.0173. The summed E-state index contributed by atoms with van der Waals surface area (Å²) in [6.07, 6.45) is 3.50. The summed E-state index contributed by atoms with van der Waals surface area (Å²) in [6.45, 7) is 1.96. The highest BCUT2D eigenvalue weighted by Crippen LogP contribution is 2.29. The van der Waals surface area contributed by atoms with Crippen molar-refractivity contribution in [3.05, 3.63) is 34.6 Å². The van der Waals surface area contributed by atoms with Crippen LogP contribution in [0.2, 0.25) is 5.02 Å². The zero-order chi connectivity index (χ0) is 12.4. The fourth-order valence-corrected chi connectivity index (χ4v) is 2.19. The summed E-state index contributed by atoms with van der Waals surface area (Å²) < 4.78 is 13.4. The van der Waals surface area contributed by atoms with Gasteiger partial charge in [-0.05, 0) is 43.9 Å². The zero-order valence-electron chi connectivity index (χ0n) is 9.67. The number of rotatable bonds is 3. The molecule has 1 atom stereocenters. The first-order valence-corrected chi connectivity index (χ1v) is 6.21. The zero-order valence-corrected chi connectivity index (χ0v) is 10.4. The van der Waals surface area contributed by atoms with E-state index in [4.69, 9.17) is 11.6 Å². The number of carbonyl (C=O) groups is 1. The van der Waals surface area contributed by atoms with Crippen molar-refractivity contribution in [2.75, 3.05) is 0 Å². The lowest BCUT2D eigenvalue weighted by Crippen LogP contribution is -2.40. The van der Waals surface area contributed by atoms with Gasteiger partial charge in [-0.3, -0.25) is 4.79 Å². The van der Waals surface area contributed by atoms with Gasteiger partial charge in [0.2, 0.25) is 0 Å². The van der Waals surface area contributed by atoms with E-state index in [1.165, 1.54) is 24.6 Å². The highest BCUT2D eigenvalue weighted by Gasteiger charge is 2.25. The van der Waals surface area contributed by atoms with Gasteiger partial charge < -0.3 is 5.32 Å². The first-order chi connectivity index (χ1) is 8.08. The van der Waals surface area contributed by atoms with E-state index in [0.29, 0.717) is 10.9 Å². The summed E-state index contributed by atoms with van der Waals surface area (Å²) in [6, 6.07) is 4.10. The monoisotopic (exact) mass is 255 g/mol. The molecule has 2 rings (SSSR count). The van der Waals surface area contributed by atoms with E-state index in [1.807, 2.05) is 6.92 Å². The van der Waals surface area contributed by atoms with Gasteiger partial charge in [-0.25, -0.2) is 4.39 Å². The summed E-state index contributed by atoms with van der Waals surface area (Å²) in [5.74, 6) is -0.390. The van der Waals surface area contributed by atoms with Gasteiger partial charge in [0.25, 0.3) is 5.91 Å². The maximum absolute atomic E-state index is 13.4. The molecule has 1 aromatic carbocycles. The van der Waals surface area contributed by atoms with Crippen LogP contribution in [-0.4, -0.2) is 11.9 Å². The molecule has 0 aliphatic heterocycles. The van der Waals surface area contributed by atoms with Crippen molar-refractivity contribution in [2.45, 2.75) is 32.2 Å². The van der Waals surface area contributed by atoms with E-state index in [1.54, 1.807) is 0 Å². The van der Waals surface area contributed by atoms with Crippen LogP contribution in [0.1, 0.15) is 36.5 Å². The molecule has 2 nitrogen and oxygen atoms in total. The first kappa shape index (κ1) is 12.4. The van der Waals surface area contributed by atoms with Gasteiger partial charge in [0.1, 0.15) is 5.82 Å². The van der Waals surface area contributed by atoms with Crippen molar-refractivity contribution in [1.29, 1.82) is 0 Å². The fraction of sp³-hybridized carbons (Fsp3) is 0.462. The molecule has 1 N–H and O–H groups in total. The quantitative estimate of drug-likeness (QED) is 0.881. The number of hydrogen-bond donors (Lipinski definition) is 1. The van der Waals surface area contributed by atoms with Crippen LogP contribution in [0, 0.1) is 11.7 Å². The molecule has 1 unspecified atom stereocenters. The second kappa shape index (κ2) is 5.05. The number of hydrogen-bond acceptors (Lipinski definition) is 1. The first-order valence-electron chi connectivity index (χ1n) is 5.84. The standard InChI is InChI=1S/C13H15ClFNO/c1-8(9-3-2-4-9)16-13(17)11-7-10(14)5-6-12(11)15/h5-9H,2-4H2,1H3,(H,16,17). The Labute approximate surface area is 105 Å². The van der Waals surface area contributed by atoms with Gasteiger partial charge in [0, 0.05) is 11.1 Å². The van der Waals surface area contributed by atoms with Gasteiger partial charge in [0.05, 0.1) is 5.56 Å². The molecule has 1 aromatic rings. The smallest absolute Gasteiger partial charge is 0.254 e. The molecule has 0 aromatic heterocycles. The van der Waals surface area contributed by atoms with E-state index >= 15 is 0 Å². The average Bonchev–Trinajstić information content (AvgIpc) is 2.18. The molecule has 92 valence electrons. The highest BCUT2D eigenvalue weighted by atomic mass is 35.5. The molecule has 1 aliphatic carbocycles. The van der Waals surface area contributed by atoms with Gasteiger partial charge in [-0.2, -0.15) is 0 Å². The molecule has 0 bridgehead atoms. The number of amides is 1. The van der Waals surface area contributed by atoms with Crippen LogP contribution in [0.4, 0.5) is 4.39 Å². The molecular formula is C13H15ClFNO. The number of nitrogens with one attached hydrogen (secondary N) is 1. The van der Waals surface area contributed by atoms with Crippen LogP contribution in [0.15, 0.2) is 18.2 Å². The third-order valence-corrected chi connectivity index (χ3v) is 3.62. The van der Waals surface area contributed by atoms with Gasteiger partial charge >= 0.3 is 0 Å². The van der Waals surface area contributed by atoms with E-state index in [2.05, 4.69) is 5.32 Å². The van der Waals surface area contributed by atoms with Crippen molar-refractivity contribution < 1.29 is 9.18 Å². The third kappa shape index (κ3) is 2.78. The molecule has 1 fully saturated rings. The minimum atomic E-state index is -0.535. The molecule has 4 heteroatoms. The second-order valence-electron chi connectivity index (χ2n) is 4.58. The van der Waals surface area contributed by atoms with Gasteiger partial charge in [-0.15, -0.1) is 0 Å². The Morgan fingerprint density at radius 1 is 1.53 bits per heavy atom. The molecule has 1 saturated carbocycles. The maximum atomic E-state index is 13.4. The third-order valence-electron chi connectivity index (χ3n) is 3.39. The maximum Gasteiger partial charge on any atom is 0.254 e. The van der Waals surface area contributed by atoms with Gasteiger partial charge in [-0.1, -0.05) is 18.0 Å². The molecule has 17 heavy (non-hydrogen) atoms. The summed E-state index contributed by atoms with van der Waals surface area (Å²) >= 11 is 5.75. The largest absolute Gasteiger partial charge is 0.349 e. The van der Waals surface area contributed by atoms with E-state index < -0.39 is 5.82 Å². The Kier molecular flexibility index (Phi) is 3.67. The van der Waals surface area contributed by atoms with Crippen LogP contribution in [0.3, 0.4) is 0 Å². The van der Waals surface area contributed by atoms with Crippen molar-refractivity contribution in [2.24, 2.45) is 5.92 Å². The Balaban J connectivity index is 2.05. The molecule has 0 heterocycles. The highest BCUT2D eigenvalue weighted by molar-refractivity contribution is 6.31. The van der Waals surface area contributed by atoms with Crippen molar-refractivity contribution in [1.82, 2.24) is 5.32 Å².